The molecule has 4 heterocycles. The Kier molecular flexibility index (Phi) is 6.94. The van der Waals surface area contributed by atoms with Crippen LogP contribution in [0.15, 0.2) is 42.6 Å². The van der Waals surface area contributed by atoms with E-state index in [2.05, 4.69) is 69.1 Å². The second-order valence-electron chi connectivity index (χ2n) is 14.9. The maximum absolute atomic E-state index is 13.4. The summed E-state index contributed by atoms with van der Waals surface area (Å²) >= 11 is 0. The van der Waals surface area contributed by atoms with Gasteiger partial charge in [-0.3, -0.25) is 4.90 Å². The largest absolute Gasteiger partial charge is 0.494 e. The number of fused-ring (bicyclic) bond motifs is 4. The maximum Gasteiger partial charge on any atom is 0.494 e. The lowest BCUT2D eigenvalue weighted by atomic mass is 9.77. The number of aromatic nitrogens is 2. The van der Waals surface area contributed by atoms with Crippen molar-refractivity contribution >= 4 is 18.7 Å². The third kappa shape index (κ3) is 5.12. The molecule has 3 aromatic rings. The summed E-state index contributed by atoms with van der Waals surface area (Å²) in [6, 6.07) is 12.8. The number of rotatable bonds is 3. The molecule has 44 heavy (non-hydrogen) atoms. The van der Waals surface area contributed by atoms with Crippen LogP contribution >= 0.6 is 0 Å². The monoisotopic (exact) mass is 597 g/mol. The van der Waals surface area contributed by atoms with Crippen LogP contribution in [-0.4, -0.2) is 50.9 Å². The standard InChI is InChI=1S/C35H44BN3O5/c1-33(2,3)42-32(40)39-28-11-9-8-10-22(28)17-29(39)31-37-19-27(38-31)21-12-14-26-25-15-13-24(16-23(25)20-41-30(26)18-21)36-43-34(4,5)35(6,7)44-36/h12-16,18-19,22,28-29H,8-11,17,20H2,1-7H3,(H,37,38)/t22-,28-,29-/m0/s1. The molecular weight excluding hydrogens is 553 g/mol. The van der Waals surface area contributed by atoms with E-state index in [0.29, 0.717) is 12.5 Å². The van der Waals surface area contributed by atoms with Crippen molar-refractivity contribution in [1.82, 2.24) is 14.9 Å². The highest BCUT2D eigenvalue weighted by molar-refractivity contribution is 6.62. The molecule has 1 amide bonds. The van der Waals surface area contributed by atoms with Crippen LogP contribution < -0.4 is 10.2 Å². The van der Waals surface area contributed by atoms with Gasteiger partial charge in [-0.1, -0.05) is 37.1 Å². The molecule has 2 aromatic carbocycles. The summed E-state index contributed by atoms with van der Waals surface area (Å²) in [5.74, 6) is 2.15. The quantitative estimate of drug-likeness (QED) is 0.322. The molecule has 0 unspecified atom stereocenters. The third-order valence-corrected chi connectivity index (χ3v) is 10.2. The van der Waals surface area contributed by atoms with Gasteiger partial charge in [-0.2, -0.15) is 0 Å². The Morgan fingerprint density at radius 2 is 1.75 bits per heavy atom. The van der Waals surface area contributed by atoms with Gasteiger partial charge >= 0.3 is 13.2 Å². The van der Waals surface area contributed by atoms with Crippen LogP contribution in [0.4, 0.5) is 4.79 Å². The van der Waals surface area contributed by atoms with E-state index < -0.39 is 12.7 Å². The fourth-order valence-electron chi connectivity index (χ4n) is 7.24. The summed E-state index contributed by atoms with van der Waals surface area (Å²) in [7, 11) is -0.404. The molecule has 1 saturated carbocycles. The first-order valence-corrected chi connectivity index (χ1v) is 16.1. The van der Waals surface area contributed by atoms with E-state index in [9.17, 15) is 4.79 Å². The summed E-state index contributed by atoms with van der Waals surface area (Å²) in [5, 5.41) is 0. The second kappa shape index (κ2) is 10.4. The molecule has 1 aromatic heterocycles. The molecule has 3 aliphatic heterocycles. The van der Waals surface area contributed by atoms with Gasteiger partial charge in [0.05, 0.1) is 29.1 Å². The molecular formula is C35H44BN3O5. The Labute approximate surface area is 261 Å². The fourth-order valence-corrected chi connectivity index (χ4v) is 7.24. The molecule has 9 heteroatoms. The molecule has 232 valence electrons. The molecule has 2 saturated heterocycles. The summed E-state index contributed by atoms with van der Waals surface area (Å²) < 4.78 is 24.7. The molecule has 7 rings (SSSR count). The molecule has 3 fully saturated rings. The van der Waals surface area contributed by atoms with Crippen molar-refractivity contribution in [2.24, 2.45) is 5.92 Å². The summed E-state index contributed by atoms with van der Waals surface area (Å²) in [5.41, 5.74) is 4.93. The van der Waals surface area contributed by atoms with Crippen molar-refractivity contribution in [1.29, 1.82) is 0 Å². The van der Waals surface area contributed by atoms with E-state index in [4.69, 9.17) is 23.8 Å². The van der Waals surface area contributed by atoms with E-state index in [1.54, 1.807) is 0 Å². The fraction of sp³-hybridized carbons (Fsp3) is 0.543. The molecule has 0 radical (unpaired) electrons. The molecule has 8 nitrogen and oxygen atoms in total. The van der Waals surface area contributed by atoms with Gasteiger partial charge in [-0.15, -0.1) is 0 Å². The number of aromatic amines is 1. The Bertz CT molecular complexity index is 1580. The van der Waals surface area contributed by atoms with Crippen LogP contribution in [0.1, 0.15) is 98.0 Å². The van der Waals surface area contributed by atoms with Gasteiger partial charge in [0.15, 0.2) is 0 Å². The number of carbonyl (C=O) groups is 1. The average molecular weight is 598 g/mol. The lowest BCUT2D eigenvalue weighted by Gasteiger charge is -2.34. The number of likely N-dealkylation sites (tertiary alicyclic amines) is 1. The number of ether oxygens (including phenoxy) is 2. The third-order valence-electron chi connectivity index (χ3n) is 10.2. The first kappa shape index (κ1) is 29.4. The van der Waals surface area contributed by atoms with E-state index in [1.165, 1.54) is 6.42 Å². The van der Waals surface area contributed by atoms with Gasteiger partial charge in [0.25, 0.3) is 0 Å². The topological polar surface area (TPSA) is 85.9 Å². The zero-order valence-corrected chi connectivity index (χ0v) is 27.0. The Morgan fingerprint density at radius 3 is 2.50 bits per heavy atom. The molecule has 3 atom stereocenters. The lowest BCUT2D eigenvalue weighted by molar-refractivity contribution is 0.00578. The minimum Gasteiger partial charge on any atom is -0.488 e. The van der Waals surface area contributed by atoms with Crippen LogP contribution in [-0.2, 0) is 20.7 Å². The second-order valence-corrected chi connectivity index (χ2v) is 14.9. The van der Waals surface area contributed by atoms with Crippen LogP contribution in [0.2, 0.25) is 0 Å². The van der Waals surface area contributed by atoms with Crippen LogP contribution in [0, 0.1) is 5.92 Å². The van der Waals surface area contributed by atoms with Gasteiger partial charge < -0.3 is 23.8 Å². The SMILES string of the molecule is CC(C)(C)OC(=O)N1[C@H](c2ncc(-c3ccc4c(c3)OCc3cc(B5OC(C)(C)C(C)(C)O5)ccc3-4)[nH]2)C[C@@H]2CCCC[C@@H]21. The minimum atomic E-state index is -0.544. The lowest BCUT2D eigenvalue weighted by Crippen LogP contribution is -2.43. The van der Waals surface area contributed by atoms with Gasteiger partial charge in [0.1, 0.15) is 23.8 Å². The van der Waals surface area contributed by atoms with E-state index in [0.717, 1.165) is 70.7 Å². The maximum atomic E-state index is 13.4. The first-order valence-electron chi connectivity index (χ1n) is 16.1. The van der Waals surface area contributed by atoms with Crippen molar-refractivity contribution in [2.45, 2.75) is 116 Å². The van der Waals surface area contributed by atoms with Crippen molar-refractivity contribution in [2.75, 3.05) is 0 Å². The zero-order chi connectivity index (χ0) is 31.0. The van der Waals surface area contributed by atoms with Gasteiger partial charge in [0, 0.05) is 17.2 Å². The molecule has 1 aliphatic carbocycles. The minimum absolute atomic E-state index is 0.120. The van der Waals surface area contributed by atoms with E-state index in [1.807, 2.05) is 31.9 Å². The van der Waals surface area contributed by atoms with E-state index in [-0.39, 0.29) is 29.4 Å². The number of carbonyl (C=O) groups excluding carboxylic acids is 1. The zero-order valence-electron chi connectivity index (χ0n) is 27.0. The van der Waals surface area contributed by atoms with Crippen LogP contribution in [0.3, 0.4) is 0 Å². The Balaban J connectivity index is 1.13. The molecule has 4 aliphatic rings. The van der Waals surface area contributed by atoms with Gasteiger partial charge in [0.2, 0.25) is 0 Å². The number of imidazole rings is 1. The van der Waals surface area contributed by atoms with Crippen LogP contribution in [0.5, 0.6) is 5.75 Å². The van der Waals surface area contributed by atoms with Crippen molar-refractivity contribution in [3.05, 3.63) is 54.0 Å². The van der Waals surface area contributed by atoms with Crippen molar-refractivity contribution in [3.8, 4) is 28.1 Å². The predicted octanol–water partition coefficient (Wildman–Crippen LogP) is 7.18. The van der Waals surface area contributed by atoms with Gasteiger partial charge in [-0.05, 0) is 102 Å². The van der Waals surface area contributed by atoms with Gasteiger partial charge in [-0.25, -0.2) is 9.78 Å². The van der Waals surface area contributed by atoms with Crippen molar-refractivity contribution < 1.29 is 23.6 Å². The number of nitrogens with one attached hydrogen (secondary N) is 1. The molecule has 0 bridgehead atoms. The number of hydrogen-bond acceptors (Lipinski definition) is 6. The normalized spacial score (nSPS) is 25.2. The van der Waals surface area contributed by atoms with E-state index >= 15 is 0 Å². The predicted molar refractivity (Wildman–Crippen MR) is 171 cm³/mol. The highest BCUT2D eigenvalue weighted by atomic mass is 16.7. The number of benzene rings is 2. The number of H-pyrrole nitrogens is 1. The first-order chi connectivity index (χ1) is 20.8. The Morgan fingerprint density at radius 1 is 1.02 bits per heavy atom. The average Bonchev–Trinajstić information content (AvgIpc) is 3.65. The highest BCUT2D eigenvalue weighted by Crippen LogP contribution is 2.47. The highest BCUT2D eigenvalue weighted by Gasteiger charge is 2.52. The summed E-state index contributed by atoms with van der Waals surface area (Å²) in [4.78, 5) is 23.8. The van der Waals surface area contributed by atoms with Crippen molar-refractivity contribution in [3.63, 3.8) is 0 Å². The smallest absolute Gasteiger partial charge is 0.488 e. The summed E-state index contributed by atoms with van der Waals surface area (Å²) in [6.07, 6.45) is 7.09. The number of amides is 1. The number of nitrogens with zero attached hydrogens (tertiary/aromatic N) is 2. The summed E-state index contributed by atoms with van der Waals surface area (Å²) in [6.45, 7) is 14.5. The molecule has 0 spiro atoms. The van der Waals surface area contributed by atoms with Crippen LogP contribution in [0.25, 0.3) is 22.4 Å². The number of hydrogen-bond donors (Lipinski definition) is 1. The Hall–Kier alpha value is -3.30. The molecule has 1 N–H and O–H groups in total.